The summed E-state index contributed by atoms with van der Waals surface area (Å²) in [5, 5.41) is 4.67. The molecule has 1 N–H and O–H groups in total. The lowest BCUT2D eigenvalue weighted by Crippen LogP contribution is -2.39. The van der Waals surface area contributed by atoms with Crippen LogP contribution in [-0.4, -0.2) is 30.6 Å². The molecule has 4 heteroatoms. The van der Waals surface area contributed by atoms with E-state index >= 15 is 0 Å². The van der Waals surface area contributed by atoms with Crippen molar-refractivity contribution in [2.75, 3.05) is 25.0 Å². The Morgan fingerprint density at radius 1 is 1.09 bits per heavy atom. The summed E-state index contributed by atoms with van der Waals surface area (Å²) in [6.07, 6.45) is 8.76. The van der Waals surface area contributed by atoms with Gasteiger partial charge in [0, 0.05) is 37.1 Å². The number of likely N-dealkylation sites (tertiary alicyclic amines) is 1. The zero-order valence-electron chi connectivity index (χ0n) is 19.2. The highest BCUT2D eigenvalue weighted by atomic mass is 16.4. The topological polar surface area (TPSA) is 45.5 Å². The first-order valence-corrected chi connectivity index (χ1v) is 11.8. The van der Waals surface area contributed by atoms with Crippen molar-refractivity contribution in [1.82, 2.24) is 4.90 Å². The monoisotopic (exact) mass is 430 g/mol. The van der Waals surface area contributed by atoms with Gasteiger partial charge in [0.25, 0.3) is 0 Å². The van der Waals surface area contributed by atoms with Gasteiger partial charge in [0.1, 0.15) is 5.58 Å². The number of anilines is 1. The number of nitrogens with zero attached hydrogens (tertiary/aromatic N) is 1. The van der Waals surface area contributed by atoms with Crippen LogP contribution in [0.15, 0.2) is 69.9 Å². The Morgan fingerprint density at radius 2 is 1.88 bits per heavy atom. The molecule has 0 unspecified atom stereocenters. The van der Waals surface area contributed by atoms with Gasteiger partial charge in [-0.15, -0.1) is 0 Å². The Bertz CT molecular complexity index is 1090. The van der Waals surface area contributed by atoms with Gasteiger partial charge in [-0.1, -0.05) is 62.4 Å². The zero-order valence-corrected chi connectivity index (χ0v) is 19.2. The molecule has 1 fully saturated rings. The van der Waals surface area contributed by atoms with Crippen molar-refractivity contribution >= 4 is 22.7 Å². The molecule has 0 radical (unpaired) electrons. The maximum atomic E-state index is 12.1. The third-order valence-corrected chi connectivity index (χ3v) is 6.24. The Morgan fingerprint density at radius 3 is 2.62 bits per heavy atom. The maximum Gasteiger partial charge on any atom is 0.338 e. The number of fused-ring (bicyclic) bond motifs is 1. The van der Waals surface area contributed by atoms with Crippen LogP contribution in [0.4, 0.5) is 5.69 Å². The molecule has 168 valence electrons. The van der Waals surface area contributed by atoms with E-state index in [1.165, 1.54) is 11.1 Å². The Balaban J connectivity index is 1.37. The van der Waals surface area contributed by atoms with E-state index in [0.717, 1.165) is 56.4 Å². The third kappa shape index (κ3) is 6.10. The normalized spacial score (nSPS) is 15.7. The zero-order chi connectivity index (χ0) is 22.3. The number of rotatable bonds is 8. The number of hydrogen-bond acceptors (Lipinski definition) is 4. The van der Waals surface area contributed by atoms with Crippen molar-refractivity contribution < 1.29 is 4.42 Å². The van der Waals surface area contributed by atoms with Crippen LogP contribution in [0, 0.1) is 5.92 Å². The second-order valence-corrected chi connectivity index (χ2v) is 9.27. The summed E-state index contributed by atoms with van der Waals surface area (Å²) >= 11 is 0. The molecule has 1 aromatic heterocycles. The largest absolute Gasteiger partial charge is 0.423 e. The van der Waals surface area contributed by atoms with E-state index < -0.39 is 0 Å². The predicted molar refractivity (Wildman–Crippen MR) is 134 cm³/mol. The minimum Gasteiger partial charge on any atom is -0.423 e. The van der Waals surface area contributed by atoms with Crippen LogP contribution in [0.1, 0.15) is 44.2 Å². The van der Waals surface area contributed by atoms with Gasteiger partial charge in [-0.05, 0) is 54.9 Å². The molecule has 4 nitrogen and oxygen atoms in total. The van der Waals surface area contributed by atoms with Crippen LogP contribution in [0.3, 0.4) is 0 Å². The number of benzene rings is 2. The van der Waals surface area contributed by atoms with Gasteiger partial charge >= 0.3 is 5.63 Å². The molecule has 0 amide bonds. The molecule has 0 saturated carbocycles. The molecule has 0 aliphatic carbocycles. The van der Waals surface area contributed by atoms with E-state index in [2.05, 4.69) is 72.6 Å². The molecule has 2 heterocycles. The van der Waals surface area contributed by atoms with Crippen LogP contribution in [0.25, 0.3) is 17.0 Å². The summed E-state index contributed by atoms with van der Waals surface area (Å²) in [5.41, 5.74) is 3.81. The summed E-state index contributed by atoms with van der Waals surface area (Å²) in [6.45, 7) is 7.57. The molecule has 0 bridgehead atoms. The molecule has 0 atom stereocenters. The lowest BCUT2D eigenvalue weighted by Gasteiger charge is -2.32. The fourth-order valence-electron chi connectivity index (χ4n) is 4.32. The molecule has 1 saturated heterocycles. The van der Waals surface area contributed by atoms with Gasteiger partial charge in [-0.3, -0.25) is 4.90 Å². The van der Waals surface area contributed by atoms with Crippen LogP contribution in [0.2, 0.25) is 0 Å². The average Bonchev–Trinajstić information content (AvgIpc) is 2.79. The highest BCUT2D eigenvalue weighted by molar-refractivity contribution is 5.90. The van der Waals surface area contributed by atoms with Crippen molar-refractivity contribution in [2.45, 2.75) is 45.6 Å². The quantitative estimate of drug-likeness (QED) is 0.447. The maximum absolute atomic E-state index is 12.1. The van der Waals surface area contributed by atoms with E-state index in [9.17, 15) is 4.79 Å². The van der Waals surface area contributed by atoms with Gasteiger partial charge in [0.2, 0.25) is 0 Å². The van der Waals surface area contributed by atoms with Crippen LogP contribution >= 0.6 is 0 Å². The second kappa shape index (κ2) is 10.6. The van der Waals surface area contributed by atoms with Gasteiger partial charge in [0.15, 0.2) is 0 Å². The molecule has 1 aliphatic heterocycles. The Hall–Kier alpha value is -2.85. The third-order valence-electron chi connectivity index (χ3n) is 6.24. The summed E-state index contributed by atoms with van der Waals surface area (Å²) in [7, 11) is 0. The molecule has 32 heavy (non-hydrogen) atoms. The predicted octanol–water partition coefficient (Wildman–Crippen LogP) is 5.97. The summed E-state index contributed by atoms with van der Waals surface area (Å²) in [6, 6.07) is 18.6. The molecule has 1 aliphatic rings. The molecular weight excluding hydrogens is 396 g/mol. The van der Waals surface area contributed by atoms with Gasteiger partial charge in [-0.2, -0.15) is 0 Å². The van der Waals surface area contributed by atoms with Crippen LogP contribution in [0.5, 0.6) is 0 Å². The first-order valence-electron chi connectivity index (χ1n) is 11.8. The molecule has 4 rings (SSSR count). The molecular formula is C28H34N2O2. The van der Waals surface area contributed by atoms with Gasteiger partial charge < -0.3 is 9.73 Å². The van der Waals surface area contributed by atoms with Crippen molar-refractivity contribution in [2.24, 2.45) is 5.92 Å². The lowest BCUT2D eigenvalue weighted by atomic mass is 10.0. The fourth-order valence-corrected chi connectivity index (χ4v) is 4.32. The van der Waals surface area contributed by atoms with E-state index in [0.29, 0.717) is 17.5 Å². The highest BCUT2D eigenvalue weighted by Crippen LogP contribution is 2.26. The van der Waals surface area contributed by atoms with Crippen molar-refractivity contribution in [3.05, 3.63) is 82.2 Å². The summed E-state index contributed by atoms with van der Waals surface area (Å²) in [5.74, 6) is 0.671. The first kappa shape index (κ1) is 22.3. The summed E-state index contributed by atoms with van der Waals surface area (Å²) in [4.78, 5) is 14.6. The Kier molecular flexibility index (Phi) is 7.43. The second-order valence-electron chi connectivity index (χ2n) is 9.27. The number of hydrogen-bond donors (Lipinski definition) is 1. The fraction of sp³-hybridized carbons (Fsp3) is 0.393. The van der Waals surface area contributed by atoms with Gasteiger partial charge in [-0.25, -0.2) is 4.79 Å². The number of piperidine rings is 1. The van der Waals surface area contributed by atoms with E-state index in [-0.39, 0.29) is 5.63 Å². The number of aryl methyl sites for hydroxylation is 1. The lowest BCUT2D eigenvalue weighted by molar-refractivity contribution is 0.240. The standard InChI is InChI=1S/C28H34N2O2/c1-21(2)10-11-23-12-13-27-25(19-23)26(20-28(31)32-27)29-24-14-17-30(18-15-24)16-6-9-22-7-4-3-5-8-22/h3-9,12-13,19-21,24,29H,10-11,14-18H2,1-2H3. The van der Waals surface area contributed by atoms with Crippen molar-refractivity contribution in [1.29, 1.82) is 0 Å². The molecule has 2 aromatic carbocycles. The van der Waals surface area contributed by atoms with Crippen LogP contribution < -0.4 is 10.9 Å². The van der Waals surface area contributed by atoms with Crippen molar-refractivity contribution in [3.63, 3.8) is 0 Å². The first-order chi connectivity index (χ1) is 15.6. The smallest absolute Gasteiger partial charge is 0.338 e. The van der Waals surface area contributed by atoms with Crippen LogP contribution in [-0.2, 0) is 6.42 Å². The minimum atomic E-state index is -0.293. The van der Waals surface area contributed by atoms with E-state index in [4.69, 9.17) is 4.42 Å². The molecule has 3 aromatic rings. The SMILES string of the molecule is CC(C)CCc1ccc2oc(=O)cc(NC3CCN(CC=Cc4ccccc4)CC3)c2c1. The minimum absolute atomic E-state index is 0.293. The average molecular weight is 431 g/mol. The van der Waals surface area contributed by atoms with Crippen molar-refractivity contribution in [3.8, 4) is 0 Å². The highest BCUT2D eigenvalue weighted by Gasteiger charge is 2.19. The summed E-state index contributed by atoms with van der Waals surface area (Å²) < 4.78 is 5.46. The molecule has 0 spiro atoms. The Labute approximate surface area is 190 Å². The van der Waals surface area contributed by atoms with E-state index in [1.807, 2.05) is 12.1 Å². The van der Waals surface area contributed by atoms with E-state index in [1.54, 1.807) is 6.07 Å². The number of nitrogens with one attached hydrogen (secondary N) is 1. The van der Waals surface area contributed by atoms with Gasteiger partial charge in [0.05, 0.1) is 5.69 Å².